The number of amidine groups is 2. The van der Waals surface area contributed by atoms with E-state index < -0.39 is 0 Å². The molecule has 0 fully saturated rings. The van der Waals surface area contributed by atoms with Crippen LogP contribution in [0.3, 0.4) is 0 Å². The van der Waals surface area contributed by atoms with Crippen LogP contribution in [-0.2, 0) is 0 Å². The molecule has 0 spiro atoms. The van der Waals surface area contributed by atoms with Gasteiger partial charge in [-0.05, 0) is 44.3 Å². The molecule has 0 amide bonds. The van der Waals surface area contributed by atoms with Crippen LogP contribution in [0.25, 0.3) is 32.7 Å². The first-order valence-electron chi connectivity index (χ1n) is 12.9. The fraction of sp³-hybridized carbons (Fsp3) is 0.0286. The van der Waals surface area contributed by atoms with Crippen molar-refractivity contribution in [3.63, 3.8) is 0 Å². The Balaban J connectivity index is 1.38. The number of fused-ring (bicyclic) bond motifs is 2. The van der Waals surface area contributed by atoms with Gasteiger partial charge in [0.25, 0.3) is 0 Å². The van der Waals surface area contributed by atoms with E-state index in [2.05, 4.69) is 127 Å². The fourth-order valence-electron chi connectivity index (χ4n) is 5.23. The summed E-state index contributed by atoms with van der Waals surface area (Å²) in [7, 11) is 0. The zero-order valence-corrected chi connectivity index (χ0v) is 20.8. The van der Waals surface area contributed by atoms with Crippen molar-refractivity contribution < 1.29 is 0 Å². The molecule has 7 rings (SSSR count). The Bertz CT molecular complexity index is 1840. The minimum Gasteiger partial charge on any atom is -0.324 e. The first-order chi connectivity index (χ1) is 18.8. The lowest BCUT2D eigenvalue weighted by atomic mass is 9.95. The summed E-state index contributed by atoms with van der Waals surface area (Å²) in [6.45, 7) is 0. The third-order valence-corrected chi connectivity index (χ3v) is 7.12. The van der Waals surface area contributed by atoms with Gasteiger partial charge in [-0.25, -0.2) is 9.98 Å². The van der Waals surface area contributed by atoms with Gasteiger partial charge < -0.3 is 5.32 Å². The number of hydrogen-bond donors (Lipinski definition) is 1. The van der Waals surface area contributed by atoms with Crippen molar-refractivity contribution in [3.8, 4) is 11.1 Å². The highest BCUT2D eigenvalue weighted by atomic mass is 15.2. The van der Waals surface area contributed by atoms with Gasteiger partial charge in [0.05, 0.1) is 0 Å². The van der Waals surface area contributed by atoms with Crippen LogP contribution in [0.5, 0.6) is 0 Å². The Morgan fingerprint density at radius 1 is 0.447 bits per heavy atom. The van der Waals surface area contributed by atoms with Gasteiger partial charge >= 0.3 is 0 Å². The lowest BCUT2D eigenvalue weighted by Crippen LogP contribution is -2.36. The molecule has 0 saturated carbocycles. The number of aliphatic imine (C=N–C) groups is 2. The average Bonchev–Trinajstić information content (AvgIpc) is 3.01. The topological polar surface area (TPSA) is 36.8 Å². The van der Waals surface area contributed by atoms with Crippen LogP contribution in [0.2, 0.25) is 0 Å². The van der Waals surface area contributed by atoms with Crippen molar-refractivity contribution in [2.45, 2.75) is 6.17 Å². The van der Waals surface area contributed by atoms with E-state index in [0.717, 1.165) is 33.7 Å². The summed E-state index contributed by atoms with van der Waals surface area (Å²) in [5.74, 6) is 1.65. The maximum atomic E-state index is 5.13. The second-order valence-electron chi connectivity index (χ2n) is 9.50. The van der Waals surface area contributed by atoms with Crippen LogP contribution in [0.1, 0.15) is 22.9 Å². The lowest BCUT2D eigenvalue weighted by molar-refractivity contribution is 0.756. The Morgan fingerprint density at radius 2 is 1.08 bits per heavy atom. The molecule has 1 aliphatic rings. The smallest absolute Gasteiger partial charge is 0.169 e. The number of rotatable bonds is 4. The van der Waals surface area contributed by atoms with Gasteiger partial charge in [0, 0.05) is 11.1 Å². The van der Waals surface area contributed by atoms with Crippen LogP contribution in [0, 0.1) is 0 Å². The normalized spacial score (nSPS) is 15.1. The van der Waals surface area contributed by atoms with Gasteiger partial charge in [-0.3, -0.25) is 0 Å². The largest absolute Gasteiger partial charge is 0.324 e. The monoisotopic (exact) mass is 487 g/mol. The van der Waals surface area contributed by atoms with E-state index in [9.17, 15) is 0 Å². The number of nitrogens with zero attached hydrogens (tertiary/aromatic N) is 2. The summed E-state index contributed by atoms with van der Waals surface area (Å²) in [6, 6.07) is 48.7. The van der Waals surface area contributed by atoms with Gasteiger partial charge in [0.2, 0.25) is 0 Å². The molecule has 1 aliphatic heterocycles. The zero-order valence-electron chi connectivity index (χ0n) is 20.8. The van der Waals surface area contributed by atoms with Gasteiger partial charge in [-0.2, -0.15) is 0 Å². The molecule has 6 aromatic rings. The molecular formula is C35H25N3. The van der Waals surface area contributed by atoms with Crippen LogP contribution in [0.4, 0.5) is 0 Å². The molecule has 0 bridgehead atoms. The molecule has 6 aromatic carbocycles. The van der Waals surface area contributed by atoms with Crippen LogP contribution < -0.4 is 5.32 Å². The molecule has 38 heavy (non-hydrogen) atoms. The predicted octanol–water partition coefficient (Wildman–Crippen LogP) is 8.16. The van der Waals surface area contributed by atoms with Crippen molar-refractivity contribution in [1.29, 1.82) is 0 Å². The highest BCUT2D eigenvalue weighted by molar-refractivity contribution is 6.21. The van der Waals surface area contributed by atoms with Crippen LogP contribution >= 0.6 is 0 Å². The molecule has 0 saturated heterocycles. The van der Waals surface area contributed by atoms with E-state index in [1.54, 1.807) is 0 Å². The third kappa shape index (κ3) is 4.04. The molecular weight excluding hydrogens is 462 g/mol. The Morgan fingerprint density at radius 3 is 1.87 bits per heavy atom. The Labute approximate surface area is 221 Å². The molecule has 0 aliphatic carbocycles. The molecule has 0 aromatic heterocycles. The second kappa shape index (κ2) is 9.45. The standard InChI is InChI=1S/C35H25N3/c1-3-12-25(13-4-1)29-17-9-19-31-30(29)18-10-20-32(31)35-37-33(26-14-5-2-6-15-26)36-34(38-35)28-22-21-24-11-7-8-16-27(24)23-28/h1-23,33H,(H,36,37,38). The number of hydrogen-bond acceptors (Lipinski definition) is 3. The summed E-state index contributed by atoms with van der Waals surface area (Å²) in [6.07, 6.45) is -0.332. The van der Waals surface area contributed by atoms with Crippen LogP contribution in [-0.4, -0.2) is 11.7 Å². The van der Waals surface area contributed by atoms with E-state index in [-0.39, 0.29) is 6.17 Å². The second-order valence-corrected chi connectivity index (χ2v) is 9.50. The molecule has 1 atom stereocenters. The van der Waals surface area contributed by atoms with Gasteiger partial charge in [0.15, 0.2) is 6.17 Å². The highest BCUT2D eigenvalue weighted by Crippen LogP contribution is 2.32. The molecule has 1 N–H and O–H groups in total. The van der Waals surface area contributed by atoms with E-state index >= 15 is 0 Å². The fourth-order valence-corrected chi connectivity index (χ4v) is 5.23. The van der Waals surface area contributed by atoms with Crippen molar-refractivity contribution >= 4 is 33.2 Å². The van der Waals surface area contributed by atoms with E-state index in [1.807, 2.05) is 18.2 Å². The van der Waals surface area contributed by atoms with E-state index in [0.29, 0.717) is 0 Å². The van der Waals surface area contributed by atoms with Gasteiger partial charge in [0.1, 0.15) is 11.7 Å². The maximum absolute atomic E-state index is 5.13. The molecule has 3 nitrogen and oxygen atoms in total. The van der Waals surface area contributed by atoms with E-state index in [4.69, 9.17) is 9.98 Å². The molecule has 1 heterocycles. The van der Waals surface area contributed by atoms with Crippen LogP contribution in [0.15, 0.2) is 150 Å². The molecule has 3 heteroatoms. The first kappa shape index (κ1) is 22.2. The summed E-state index contributed by atoms with van der Waals surface area (Å²) < 4.78 is 0. The van der Waals surface area contributed by atoms with E-state index in [1.165, 1.54) is 27.3 Å². The summed E-state index contributed by atoms with van der Waals surface area (Å²) in [4.78, 5) is 10.2. The molecule has 1 unspecified atom stereocenters. The minimum atomic E-state index is -0.332. The van der Waals surface area contributed by atoms with Crippen molar-refractivity contribution in [2.75, 3.05) is 0 Å². The van der Waals surface area contributed by atoms with Gasteiger partial charge in [-0.1, -0.05) is 133 Å². The Kier molecular flexibility index (Phi) is 5.52. The summed E-state index contributed by atoms with van der Waals surface area (Å²) in [5, 5.41) is 8.36. The highest BCUT2D eigenvalue weighted by Gasteiger charge is 2.22. The lowest BCUT2D eigenvalue weighted by Gasteiger charge is -2.23. The van der Waals surface area contributed by atoms with Crippen molar-refractivity contribution in [2.24, 2.45) is 9.98 Å². The number of nitrogens with one attached hydrogen (secondary N) is 1. The zero-order chi connectivity index (χ0) is 25.3. The van der Waals surface area contributed by atoms with Crippen molar-refractivity contribution in [3.05, 3.63) is 156 Å². The summed E-state index contributed by atoms with van der Waals surface area (Å²) >= 11 is 0. The average molecular weight is 488 g/mol. The SMILES string of the molecule is c1ccc(-c2cccc3c(C4=NC(c5ccccc5)N=C(c5ccc6ccccc6c5)N4)cccc23)cc1. The Hall–Kier alpha value is -5.02. The quantitative estimate of drug-likeness (QED) is 0.268. The molecule has 180 valence electrons. The van der Waals surface area contributed by atoms with Gasteiger partial charge in [-0.15, -0.1) is 0 Å². The van der Waals surface area contributed by atoms with Crippen molar-refractivity contribution in [1.82, 2.24) is 5.32 Å². The molecule has 0 radical (unpaired) electrons. The minimum absolute atomic E-state index is 0.332. The predicted molar refractivity (Wildman–Crippen MR) is 159 cm³/mol. The summed E-state index contributed by atoms with van der Waals surface area (Å²) in [5.41, 5.74) is 5.59. The first-order valence-corrected chi connectivity index (χ1v) is 12.9. The number of benzene rings is 6. The third-order valence-electron chi connectivity index (χ3n) is 7.12. The maximum Gasteiger partial charge on any atom is 0.169 e.